The van der Waals surface area contributed by atoms with Gasteiger partial charge in [0.25, 0.3) is 0 Å². The Hall–Kier alpha value is -0.120. The van der Waals surface area contributed by atoms with Gasteiger partial charge in [0.15, 0.2) is 0 Å². The minimum atomic E-state index is 0.627. The van der Waals surface area contributed by atoms with E-state index in [9.17, 15) is 0 Å². The number of rotatable bonds is 11. The number of ether oxygens (including phenoxy) is 2. The van der Waals surface area contributed by atoms with Crippen LogP contribution in [0.4, 0.5) is 0 Å². The normalized spacial score (nSPS) is 11.2. The molecule has 0 radical (unpaired) electrons. The van der Waals surface area contributed by atoms with E-state index in [1.165, 1.54) is 6.42 Å². The lowest BCUT2D eigenvalue weighted by molar-refractivity contribution is 0.105. The molecule has 15 heavy (non-hydrogen) atoms. The van der Waals surface area contributed by atoms with E-state index in [4.69, 9.17) is 9.47 Å². The first kappa shape index (κ1) is 14.9. The molecule has 0 aromatic carbocycles. The standard InChI is InChI=1S/C12H27NO2/c1-4-5-8-14-9-6-13-7-10-15-11-12(2)3/h12-13H,4-11H2,1-3H3. The summed E-state index contributed by atoms with van der Waals surface area (Å²) in [6, 6.07) is 0. The maximum absolute atomic E-state index is 5.44. The molecule has 0 unspecified atom stereocenters. The highest BCUT2D eigenvalue weighted by molar-refractivity contribution is 4.46. The Morgan fingerprint density at radius 1 is 1.00 bits per heavy atom. The van der Waals surface area contributed by atoms with Gasteiger partial charge in [0, 0.05) is 26.3 Å². The predicted molar refractivity (Wildman–Crippen MR) is 64.3 cm³/mol. The van der Waals surface area contributed by atoms with Crippen LogP contribution < -0.4 is 5.32 Å². The molecule has 0 spiro atoms. The fourth-order valence-corrected chi connectivity index (χ4v) is 1.08. The van der Waals surface area contributed by atoms with Gasteiger partial charge in [-0.3, -0.25) is 0 Å². The lowest BCUT2D eigenvalue weighted by Gasteiger charge is -2.08. The summed E-state index contributed by atoms with van der Waals surface area (Å²) >= 11 is 0. The van der Waals surface area contributed by atoms with Crippen LogP contribution in [0.5, 0.6) is 0 Å². The maximum atomic E-state index is 5.44. The van der Waals surface area contributed by atoms with Crippen LogP contribution in [0.3, 0.4) is 0 Å². The summed E-state index contributed by atoms with van der Waals surface area (Å²) in [5, 5.41) is 3.29. The maximum Gasteiger partial charge on any atom is 0.0591 e. The van der Waals surface area contributed by atoms with Crippen molar-refractivity contribution in [2.75, 3.05) is 39.5 Å². The van der Waals surface area contributed by atoms with Crippen molar-refractivity contribution in [1.29, 1.82) is 0 Å². The molecule has 3 nitrogen and oxygen atoms in total. The van der Waals surface area contributed by atoms with Gasteiger partial charge in [0.2, 0.25) is 0 Å². The molecule has 0 aliphatic heterocycles. The van der Waals surface area contributed by atoms with Crippen molar-refractivity contribution >= 4 is 0 Å². The molecule has 0 bridgehead atoms. The van der Waals surface area contributed by atoms with E-state index in [2.05, 4.69) is 26.1 Å². The zero-order valence-corrected chi connectivity index (χ0v) is 10.6. The molecule has 0 atom stereocenters. The third-order valence-electron chi connectivity index (χ3n) is 1.94. The van der Waals surface area contributed by atoms with Crippen LogP contribution >= 0.6 is 0 Å². The average molecular weight is 217 g/mol. The van der Waals surface area contributed by atoms with Crippen molar-refractivity contribution < 1.29 is 9.47 Å². The summed E-state index contributed by atoms with van der Waals surface area (Å²) < 4.78 is 10.9. The highest BCUT2D eigenvalue weighted by atomic mass is 16.5. The summed E-state index contributed by atoms with van der Waals surface area (Å²) in [6.45, 7) is 11.7. The van der Waals surface area contributed by atoms with Crippen molar-refractivity contribution in [3.63, 3.8) is 0 Å². The van der Waals surface area contributed by atoms with Crippen molar-refractivity contribution in [3.8, 4) is 0 Å². The number of unbranched alkanes of at least 4 members (excludes halogenated alkanes) is 1. The van der Waals surface area contributed by atoms with Gasteiger partial charge in [0.05, 0.1) is 13.2 Å². The Labute approximate surface area is 94.5 Å². The Morgan fingerprint density at radius 2 is 1.67 bits per heavy atom. The van der Waals surface area contributed by atoms with Crippen molar-refractivity contribution in [3.05, 3.63) is 0 Å². The van der Waals surface area contributed by atoms with Gasteiger partial charge in [-0.15, -0.1) is 0 Å². The fourth-order valence-electron chi connectivity index (χ4n) is 1.08. The summed E-state index contributed by atoms with van der Waals surface area (Å²) in [4.78, 5) is 0. The zero-order valence-electron chi connectivity index (χ0n) is 10.6. The minimum Gasteiger partial charge on any atom is -0.380 e. The Kier molecular flexibility index (Phi) is 11.9. The van der Waals surface area contributed by atoms with Crippen LogP contribution in [-0.4, -0.2) is 39.5 Å². The van der Waals surface area contributed by atoms with Crippen molar-refractivity contribution in [1.82, 2.24) is 5.32 Å². The molecule has 0 amide bonds. The number of hydrogen-bond donors (Lipinski definition) is 1. The Balaban J connectivity index is 2.87. The smallest absolute Gasteiger partial charge is 0.0591 e. The first-order valence-electron chi connectivity index (χ1n) is 6.13. The van der Waals surface area contributed by atoms with Crippen LogP contribution in [0, 0.1) is 5.92 Å². The van der Waals surface area contributed by atoms with Gasteiger partial charge in [-0.05, 0) is 12.3 Å². The molecule has 0 aliphatic carbocycles. The molecule has 0 aromatic rings. The third kappa shape index (κ3) is 13.9. The molecule has 0 aliphatic rings. The highest BCUT2D eigenvalue weighted by Gasteiger charge is 1.93. The topological polar surface area (TPSA) is 30.5 Å². The monoisotopic (exact) mass is 217 g/mol. The second-order valence-corrected chi connectivity index (χ2v) is 4.18. The molecule has 0 fully saturated rings. The van der Waals surface area contributed by atoms with E-state index < -0.39 is 0 Å². The average Bonchev–Trinajstić information content (AvgIpc) is 2.20. The molecular formula is C12H27NO2. The highest BCUT2D eigenvalue weighted by Crippen LogP contribution is 1.91. The molecule has 3 heteroatoms. The molecule has 1 N–H and O–H groups in total. The van der Waals surface area contributed by atoms with Gasteiger partial charge in [0.1, 0.15) is 0 Å². The Bertz CT molecular complexity index is 118. The van der Waals surface area contributed by atoms with Crippen LogP contribution in [0.15, 0.2) is 0 Å². The largest absolute Gasteiger partial charge is 0.380 e. The first-order chi connectivity index (χ1) is 7.27. The SMILES string of the molecule is CCCCOCCNCCOCC(C)C. The van der Waals surface area contributed by atoms with Gasteiger partial charge in [-0.2, -0.15) is 0 Å². The molecule has 0 saturated heterocycles. The van der Waals surface area contributed by atoms with Crippen LogP contribution in [0.2, 0.25) is 0 Å². The molecule has 0 saturated carbocycles. The van der Waals surface area contributed by atoms with Crippen LogP contribution in [0.25, 0.3) is 0 Å². The van der Waals surface area contributed by atoms with E-state index in [-0.39, 0.29) is 0 Å². The summed E-state index contributed by atoms with van der Waals surface area (Å²) in [5.41, 5.74) is 0. The summed E-state index contributed by atoms with van der Waals surface area (Å²) in [5.74, 6) is 0.627. The quantitative estimate of drug-likeness (QED) is 0.537. The molecule has 0 heterocycles. The van der Waals surface area contributed by atoms with Crippen molar-refractivity contribution in [2.24, 2.45) is 5.92 Å². The molecule has 0 rings (SSSR count). The van der Waals surface area contributed by atoms with Crippen LogP contribution in [0.1, 0.15) is 33.6 Å². The van der Waals surface area contributed by atoms with E-state index in [0.717, 1.165) is 45.9 Å². The van der Waals surface area contributed by atoms with E-state index in [1.807, 2.05) is 0 Å². The second kappa shape index (κ2) is 12.0. The second-order valence-electron chi connectivity index (χ2n) is 4.18. The van der Waals surface area contributed by atoms with E-state index in [1.54, 1.807) is 0 Å². The lowest BCUT2D eigenvalue weighted by atomic mass is 10.2. The van der Waals surface area contributed by atoms with Gasteiger partial charge < -0.3 is 14.8 Å². The van der Waals surface area contributed by atoms with Crippen LogP contribution in [-0.2, 0) is 9.47 Å². The van der Waals surface area contributed by atoms with Crippen molar-refractivity contribution in [2.45, 2.75) is 33.6 Å². The first-order valence-corrected chi connectivity index (χ1v) is 6.13. The fraction of sp³-hybridized carbons (Fsp3) is 1.00. The summed E-state index contributed by atoms with van der Waals surface area (Å²) in [7, 11) is 0. The number of nitrogens with one attached hydrogen (secondary N) is 1. The minimum absolute atomic E-state index is 0.627. The Morgan fingerprint density at radius 3 is 2.27 bits per heavy atom. The molecular weight excluding hydrogens is 190 g/mol. The van der Waals surface area contributed by atoms with E-state index >= 15 is 0 Å². The zero-order chi connectivity index (χ0) is 11.4. The summed E-state index contributed by atoms with van der Waals surface area (Å²) in [6.07, 6.45) is 2.37. The van der Waals surface area contributed by atoms with Gasteiger partial charge in [-0.1, -0.05) is 27.2 Å². The lowest BCUT2D eigenvalue weighted by Crippen LogP contribution is -2.24. The van der Waals surface area contributed by atoms with Gasteiger partial charge in [-0.25, -0.2) is 0 Å². The number of hydrogen-bond acceptors (Lipinski definition) is 3. The third-order valence-corrected chi connectivity index (χ3v) is 1.94. The van der Waals surface area contributed by atoms with Gasteiger partial charge >= 0.3 is 0 Å². The molecule has 0 aromatic heterocycles. The van der Waals surface area contributed by atoms with E-state index in [0.29, 0.717) is 5.92 Å². The predicted octanol–water partition coefficient (Wildman–Crippen LogP) is 2.07. The molecule has 92 valence electrons.